The van der Waals surface area contributed by atoms with Gasteiger partial charge in [0.1, 0.15) is 5.82 Å². The van der Waals surface area contributed by atoms with Crippen LogP contribution in [0.5, 0.6) is 0 Å². The summed E-state index contributed by atoms with van der Waals surface area (Å²) in [4.78, 5) is 11.6. The van der Waals surface area contributed by atoms with Crippen molar-refractivity contribution in [3.8, 4) is 0 Å². The van der Waals surface area contributed by atoms with Gasteiger partial charge in [-0.25, -0.2) is 4.39 Å². The van der Waals surface area contributed by atoms with Crippen molar-refractivity contribution in [2.45, 2.75) is 19.8 Å². The average Bonchev–Trinajstić information content (AvgIpc) is 2.34. The van der Waals surface area contributed by atoms with Crippen molar-refractivity contribution in [3.63, 3.8) is 0 Å². The predicted octanol–water partition coefficient (Wildman–Crippen LogP) is 2.67. The van der Waals surface area contributed by atoms with Gasteiger partial charge in [0.05, 0.1) is 10.9 Å². The molecule has 1 amide bonds. The summed E-state index contributed by atoms with van der Waals surface area (Å²) in [6, 6.07) is 4.61. The molecule has 0 fully saturated rings. The summed E-state index contributed by atoms with van der Waals surface area (Å²) in [5.74, 6) is -0.366. The zero-order chi connectivity index (χ0) is 13.4. The Morgan fingerprint density at radius 3 is 2.68 bits per heavy atom. The first kappa shape index (κ1) is 18.4. The minimum atomic E-state index is -0.317. The molecule has 3 nitrogen and oxygen atoms in total. The van der Waals surface area contributed by atoms with Gasteiger partial charge in [0, 0.05) is 13.1 Å². The minimum absolute atomic E-state index is 0. The minimum Gasteiger partial charge on any atom is -0.355 e. The summed E-state index contributed by atoms with van der Waals surface area (Å²) in [5, 5.41) is 6.01. The highest BCUT2D eigenvalue weighted by molar-refractivity contribution is 9.10. The molecule has 0 bridgehead atoms. The van der Waals surface area contributed by atoms with Crippen LogP contribution in [0, 0.1) is 5.82 Å². The number of rotatable bonds is 7. The van der Waals surface area contributed by atoms with E-state index in [1.165, 1.54) is 6.07 Å². The molecule has 108 valence electrons. The van der Waals surface area contributed by atoms with Gasteiger partial charge in [0.25, 0.3) is 0 Å². The Balaban J connectivity index is 0.00000324. The van der Waals surface area contributed by atoms with E-state index in [1.54, 1.807) is 12.1 Å². The second-order valence-electron chi connectivity index (χ2n) is 4.03. The smallest absolute Gasteiger partial charge is 0.224 e. The van der Waals surface area contributed by atoms with E-state index < -0.39 is 0 Å². The zero-order valence-electron chi connectivity index (χ0n) is 10.8. The molecule has 1 rings (SSSR count). The summed E-state index contributed by atoms with van der Waals surface area (Å²) < 4.78 is 13.4. The maximum Gasteiger partial charge on any atom is 0.224 e. The SMILES string of the molecule is CCCNCCNC(=O)Cc1ccc(F)c(Br)c1.Cl. The van der Waals surface area contributed by atoms with Gasteiger partial charge in [-0.1, -0.05) is 13.0 Å². The molecule has 0 saturated heterocycles. The Hall–Kier alpha value is -0.650. The quantitative estimate of drug-likeness (QED) is 0.740. The lowest BCUT2D eigenvalue weighted by Gasteiger charge is -2.06. The van der Waals surface area contributed by atoms with Crippen molar-refractivity contribution < 1.29 is 9.18 Å². The lowest BCUT2D eigenvalue weighted by molar-refractivity contribution is -0.120. The van der Waals surface area contributed by atoms with Gasteiger partial charge in [-0.2, -0.15) is 0 Å². The monoisotopic (exact) mass is 352 g/mol. The van der Waals surface area contributed by atoms with Crippen LogP contribution < -0.4 is 10.6 Å². The molecule has 0 aliphatic carbocycles. The summed E-state index contributed by atoms with van der Waals surface area (Å²) >= 11 is 3.10. The van der Waals surface area contributed by atoms with Gasteiger partial charge >= 0.3 is 0 Å². The maximum atomic E-state index is 13.0. The molecular weight excluding hydrogens is 335 g/mol. The summed E-state index contributed by atoms with van der Waals surface area (Å²) in [6.07, 6.45) is 1.35. The van der Waals surface area contributed by atoms with Crippen LogP contribution in [0.2, 0.25) is 0 Å². The molecule has 0 aromatic heterocycles. The lowest BCUT2D eigenvalue weighted by Crippen LogP contribution is -2.33. The van der Waals surface area contributed by atoms with Crippen molar-refractivity contribution in [2.75, 3.05) is 19.6 Å². The van der Waals surface area contributed by atoms with Crippen molar-refractivity contribution in [1.29, 1.82) is 0 Å². The van der Waals surface area contributed by atoms with Crippen LogP contribution in [0.15, 0.2) is 22.7 Å². The largest absolute Gasteiger partial charge is 0.355 e. The molecule has 0 unspecified atom stereocenters. The molecule has 19 heavy (non-hydrogen) atoms. The van der Waals surface area contributed by atoms with Crippen LogP contribution in [-0.4, -0.2) is 25.5 Å². The topological polar surface area (TPSA) is 41.1 Å². The maximum absolute atomic E-state index is 13.0. The summed E-state index contributed by atoms with van der Waals surface area (Å²) in [6.45, 7) is 4.44. The Bertz CT molecular complexity index is 404. The average molecular weight is 354 g/mol. The zero-order valence-corrected chi connectivity index (χ0v) is 13.2. The molecule has 0 atom stereocenters. The van der Waals surface area contributed by atoms with Gasteiger partial charge in [-0.05, 0) is 46.6 Å². The molecule has 6 heteroatoms. The highest BCUT2D eigenvalue weighted by Crippen LogP contribution is 2.16. The van der Waals surface area contributed by atoms with E-state index in [0.717, 1.165) is 25.1 Å². The van der Waals surface area contributed by atoms with Crippen molar-refractivity contribution in [3.05, 3.63) is 34.1 Å². The molecule has 2 N–H and O–H groups in total. The number of nitrogens with one attached hydrogen (secondary N) is 2. The first-order chi connectivity index (χ1) is 8.63. The Morgan fingerprint density at radius 1 is 1.32 bits per heavy atom. The first-order valence-electron chi connectivity index (χ1n) is 6.04. The van der Waals surface area contributed by atoms with Gasteiger partial charge in [0.2, 0.25) is 5.91 Å². The van der Waals surface area contributed by atoms with Gasteiger partial charge in [-0.3, -0.25) is 4.79 Å². The number of carbonyl (C=O) groups is 1. The van der Waals surface area contributed by atoms with Gasteiger partial charge in [-0.15, -0.1) is 12.4 Å². The number of hydrogen-bond acceptors (Lipinski definition) is 2. The highest BCUT2D eigenvalue weighted by atomic mass is 79.9. The standard InChI is InChI=1S/C13H18BrFN2O.ClH/c1-2-5-16-6-7-17-13(18)9-10-3-4-12(15)11(14)8-10;/h3-4,8,16H,2,5-7,9H2,1H3,(H,17,18);1H. The third-order valence-electron chi connectivity index (χ3n) is 2.40. The number of amides is 1. The second kappa shape index (κ2) is 10.2. The van der Waals surface area contributed by atoms with E-state index >= 15 is 0 Å². The lowest BCUT2D eigenvalue weighted by atomic mass is 10.1. The van der Waals surface area contributed by atoms with Crippen LogP contribution in [0.4, 0.5) is 4.39 Å². The van der Waals surface area contributed by atoms with E-state index in [4.69, 9.17) is 0 Å². The third kappa shape index (κ3) is 7.50. The van der Waals surface area contributed by atoms with Crippen LogP contribution in [0.1, 0.15) is 18.9 Å². The van der Waals surface area contributed by atoms with E-state index in [2.05, 4.69) is 33.5 Å². The first-order valence-corrected chi connectivity index (χ1v) is 6.84. The Morgan fingerprint density at radius 2 is 2.05 bits per heavy atom. The Labute approximate surface area is 127 Å². The summed E-state index contributed by atoms with van der Waals surface area (Å²) in [7, 11) is 0. The van der Waals surface area contributed by atoms with Crippen LogP contribution in [0.3, 0.4) is 0 Å². The molecule has 0 heterocycles. The van der Waals surface area contributed by atoms with E-state index in [-0.39, 0.29) is 30.6 Å². The van der Waals surface area contributed by atoms with Crippen LogP contribution in [-0.2, 0) is 11.2 Å². The molecule has 0 aliphatic rings. The molecular formula is C13H19BrClFN2O. The number of hydrogen-bond donors (Lipinski definition) is 2. The third-order valence-corrected chi connectivity index (χ3v) is 3.01. The molecule has 0 aliphatic heterocycles. The molecule has 0 spiro atoms. The van der Waals surface area contributed by atoms with E-state index in [9.17, 15) is 9.18 Å². The van der Waals surface area contributed by atoms with E-state index in [1.807, 2.05) is 0 Å². The van der Waals surface area contributed by atoms with Gasteiger partial charge in [0.15, 0.2) is 0 Å². The van der Waals surface area contributed by atoms with Crippen LogP contribution in [0.25, 0.3) is 0 Å². The number of benzene rings is 1. The van der Waals surface area contributed by atoms with Crippen molar-refractivity contribution in [1.82, 2.24) is 10.6 Å². The highest BCUT2D eigenvalue weighted by Gasteiger charge is 2.05. The summed E-state index contributed by atoms with van der Waals surface area (Å²) in [5.41, 5.74) is 0.794. The molecule has 0 radical (unpaired) electrons. The van der Waals surface area contributed by atoms with Gasteiger partial charge < -0.3 is 10.6 Å². The second-order valence-corrected chi connectivity index (χ2v) is 4.88. The fourth-order valence-electron chi connectivity index (χ4n) is 1.49. The van der Waals surface area contributed by atoms with Crippen LogP contribution >= 0.6 is 28.3 Å². The van der Waals surface area contributed by atoms with Crippen molar-refractivity contribution >= 4 is 34.2 Å². The number of carbonyl (C=O) groups excluding carboxylic acids is 1. The fraction of sp³-hybridized carbons (Fsp3) is 0.462. The Kier molecular flexibility index (Phi) is 9.83. The van der Waals surface area contributed by atoms with E-state index in [0.29, 0.717) is 11.0 Å². The predicted molar refractivity (Wildman–Crippen MR) is 81.2 cm³/mol. The van der Waals surface area contributed by atoms with Crippen molar-refractivity contribution in [2.24, 2.45) is 0 Å². The number of halogens is 3. The molecule has 1 aromatic rings. The molecule has 0 saturated carbocycles. The fourth-order valence-corrected chi connectivity index (χ4v) is 1.92. The normalized spacial score (nSPS) is 9.84. The molecule has 1 aromatic carbocycles.